The Balaban J connectivity index is 0.00000220. The number of aryl methyl sites for hydroxylation is 1. The van der Waals surface area contributed by atoms with Gasteiger partial charge in [-0.25, -0.2) is 0 Å². The third kappa shape index (κ3) is 5.06. The van der Waals surface area contributed by atoms with Gasteiger partial charge in [-0.05, 0) is 24.6 Å². The van der Waals surface area contributed by atoms with E-state index in [4.69, 9.17) is 0 Å². The van der Waals surface area contributed by atoms with E-state index < -0.39 is 11.9 Å². The second kappa shape index (κ2) is 7.47. The Hall–Kier alpha value is -1.53. The number of nitrogens with one attached hydrogen (secondary N) is 1. The van der Waals surface area contributed by atoms with E-state index in [1.807, 2.05) is 30.3 Å². The number of nitrogens with zero attached hydrogens (tertiary/aromatic N) is 2. The topological polar surface area (TPSA) is 29.9 Å². The molecule has 0 radical (unpaired) electrons. The van der Waals surface area contributed by atoms with Crippen molar-refractivity contribution in [3.05, 3.63) is 53.3 Å². The Morgan fingerprint density at radius 1 is 1.19 bits per heavy atom. The third-order valence-electron chi connectivity index (χ3n) is 3.01. The summed E-state index contributed by atoms with van der Waals surface area (Å²) < 4.78 is 38.7. The number of aromatic nitrogens is 2. The molecule has 0 aliphatic heterocycles. The quantitative estimate of drug-likeness (QED) is 0.858. The van der Waals surface area contributed by atoms with Crippen molar-refractivity contribution in [1.82, 2.24) is 15.1 Å². The first-order valence-corrected chi connectivity index (χ1v) is 6.31. The largest absolute Gasteiger partial charge is 0.435 e. The van der Waals surface area contributed by atoms with Crippen molar-refractivity contribution in [2.75, 3.05) is 6.54 Å². The van der Waals surface area contributed by atoms with Crippen LogP contribution in [-0.4, -0.2) is 16.3 Å². The molecule has 1 heterocycles. The monoisotopic (exact) mass is 319 g/mol. The van der Waals surface area contributed by atoms with Gasteiger partial charge in [-0.3, -0.25) is 4.68 Å². The fourth-order valence-corrected chi connectivity index (χ4v) is 1.90. The molecule has 0 saturated heterocycles. The molecule has 0 aliphatic rings. The predicted molar refractivity (Wildman–Crippen MR) is 77.3 cm³/mol. The maximum Gasteiger partial charge on any atom is 0.435 e. The van der Waals surface area contributed by atoms with Gasteiger partial charge in [0.1, 0.15) is 0 Å². The second-order valence-corrected chi connectivity index (χ2v) is 4.55. The van der Waals surface area contributed by atoms with E-state index in [1.54, 1.807) is 0 Å². The molecule has 0 spiro atoms. The normalized spacial score (nSPS) is 11.2. The molecule has 0 saturated carbocycles. The maximum absolute atomic E-state index is 12.5. The summed E-state index contributed by atoms with van der Waals surface area (Å²) in [5, 5.41) is 6.60. The molecule has 0 amide bonds. The average molecular weight is 320 g/mol. The van der Waals surface area contributed by atoms with E-state index in [2.05, 4.69) is 10.4 Å². The van der Waals surface area contributed by atoms with Crippen molar-refractivity contribution in [1.29, 1.82) is 0 Å². The van der Waals surface area contributed by atoms with Crippen molar-refractivity contribution in [3.8, 4) is 0 Å². The third-order valence-corrected chi connectivity index (χ3v) is 3.01. The summed E-state index contributed by atoms with van der Waals surface area (Å²) in [6, 6.07) is 11.0. The highest BCUT2D eigenvalue weighted by atomic mass is 35.5. The van der Waals surface area contributed by atoms with Crippen LogP contribution in [0.15, 0.2) is 36.4 Å². The Morgan fingerprint density at radius 2 is 1.86 bits per heavy atom. The van der Waals surface area contributed by atoms with Crippen molar-refractivity contribution in [3.63, 3.8) is 0 Å². The molecule has 1 N–H and O–H groups in total. The number of benzene rings is 1. The minimum absolute atomic E-state index is 0. The van der Waals surface area contributed by atoms with Gasteiger partial charge in [0, 0.05) is 13.6 Å². The van der Waals surface area contributed by atoms with Crippen LogP contribution in [0.2, 0.25) is 0 Å². The molecule has 1 aromatic carbocycles. The van der Waals surface area contributed by atoms with Crippen LogP contribution in [0.1, 0.15) is 17.0 Å². The summed E-state index contributed by atoms with van der Waals surface area (Å²) in [7, 11) is 1.52. The first-order valence-electron chi connectivity index (χ1n) is 6.31. The molecule has 21 heavy (non-hydrogen) atoms. The average Bonchev–Trinajstić information content (AvgIpc) is 2.77. The first kappa shape index (κ1) is 17.5. The van der Waals surface area contributed by atoms with Gasteiger partial charge in [0.25, 0.3) is 0 Å². The highest BCUT2D eigenvalue weighted by Gasteiger charge is 2.34. The lowest BCUT2D eigenvalue weighted by molar-refractivity contribution is -0.141. The van der Waals surface area contributed by atoms with E-state index >= 15 is 0 Å². The molecule has 0 aliphatic carbocycles. The van der Waals surface area contributed by atoms with E-state index in [0.29, 0.717) is 18.8 Å². The van der Waals surface area contributed by atoms with Gasteiger partial charge < -0.3 is 5.32 Å². The number of rotatable bonds is 5. The molecule has 7 heteroatoms. The minimum Gasteiger partial charge on any atom is -0.311 e. The number of hydrogen-bond donors (Lipinski definition) is 1. The Labute approximate surface area is 127 Å². The van der Waals surface area contributed by atoms with Crippen LogP contribution in [0.5, 0.6) is 0 Å². The van der Waals surface area contributed by atoms with E-state index in [0.717, 1.165) is 12.5 Å². The van der Waals surface area contributed by atoms with Gasteiger partial charge in [-0.2, -0.15) is 18.3 Å². The molecule has 0 fully saturated rings. The summed E-state index contributed by atoms with van der Waals surface area (Å²) in [5.41, 5.74) is 0.867. The highest BCUT2D eigenvalue weighted by molar-refractivity contribution is 5.85. The van der Waals surface area contributed by atoms with E-state index in [1.165, 1.54) is 17.3 Å². The lowest BCUT2D eigenvalue weighted by atomic mass is 10.1. The lowest BCUT2D eigenvalue weighted by Gasteiger charge is -2.05. The maximum atomic E-state index is 12.5. The molecule has 3 nitrogen and oxygen atoms in total. The van der Waals surface area contributed by atoms with Crippen LogP contribution in [0.3, 0.4) is 0 Å². The standard InChI is InChI=1S/C14H16F3N3.ClH/c1-20-12(9-13(19-20)14(15,16)17)10-18-8-7-11-5-3-2-4-6-11;/h2-6,9,18H,7-8,10H2,1H3;1H. The molecule has 116 valence electrons. The molecule has 0 unspecified atom stereocenters. The molecule has 2 rings (SSSR count). The van der Waals surface area contributed by atoms with Crippen LogP contribution in [0, 0.1) is 0 Å². The highest BCUT2D eigenvalue weighted by Crippen LogP contribution is 2.28. The van der Waals surface area contributed by atoms with Crippen molar-refractivity contribution in [2.24, 2.45) is 7.05 Å². The van der Waals surface area contributed by atoms with Crippen LogP contribution < -0.4 is 5.32 Å². The fourth-order valence-electron chi connectivity index (χ4n) is 1.90. The first-order chi connectivity index (χ1) is 9.47. The van der Waals surface area contributed by atoms with Crippen molar-refractivity contribution < 1.29 is 13.2 Å². The smallest absolute Gasteiger partial charge is 0.311 e. The zero-order chi connectivity index (χ0) is 14.6. The fraction of sp³-hybridized carbons (Fsp3) is 0.357. The van der Waals surface area contributed by atoms with Gasteiger partial charge in [0.15, 0.2) is 5.69 Å². The second-order valence-electron chi connectivity index (χ2n) is 4.55. The number of alkyl halides is 3. The zero-order valence-electron chi connectivity index (χ0n) is 11.5. The number of halogens is 4. The van der Waals surface area contributed by atoms with Gasteiger partial charge >= 0.3 is 6.18 Å². The van der Waals surface area contributed by atoms with Crippen molar-refractivity contribution >= 4 is 12.4 Å². The molecular formula is C14H17ClF3N3. The summed E-state index contributed by atoms with van der Waals surface area (Å²) in [4.78, 5) is 0. The molecule has 2 aromatic rings. The van der Waals surface area contributed by atoms with E-state index in [9.17, 15) is 13.2 Å². The summed E-state index contributed by atoms with van der Waals surface area (Å²) in [6.45, 7) is 1.07. The summed E-state index contributed by atoms with van der Waals surface area (Å²) in [6.07, 6.45) is -3.55. The van der Waals surface area contributed by atoms with Gasteiger partial charge in [0.2, 0.25) is 0 Å². The molecule has 0 bridgehead atoms. The zero-order valence-corrected chi connectivity index (χ0v) is 12.3. The van der Waals surface area contributed by atoms with Crippen molar-refractivity contribution in [2.45, 2.75) is 19.1 Å². The van der Waals surface area contributed by atoms with Crippen LogP contribution in [0.25, 0.3) is 0 Å². The SMILES string of the molecule is Cl.Cn1nc(C(F)(F)F)cc1CNCCc1ccccc1. The molecule has 0 atom stereocenters. The Kier molecular flexibility index (Phi) is 6.23. The van der Waals surface area contributed by atoms with Crippen LogP contribution in [0.4, 0.5) is 13.2 Å². The van der Waals surface area contributed by atoms with Gasteiger partial charge in [0.05, 0.1) is 5.69 Å². The summed E-state index contributed by atoms with van der Waals surface area (Å²) in [5.74, 6) is 0. The molecule has 1 aromatic heterocycles. The van der Waals surface area contributed by atoms with Gasteiger partial charge in [-0.15, -0.1) is 12.4 Å². The predicted octanol–water partition coefficient (Wildman–Crippen LogP) is 3.19. The number of hydrogen-bond acceptors (Lipinski definition) is 2. The minimum atomic E-state index is -4.39. The lowest BCUT2D eigenvalue weighted by Crippen LogP contribution is -2.18. The molecular weight excluding hydrogens is 303 g/mol. The van der Waals surface area contributed by atoms with Crippen LogP contribution >= 0.6 is 12.4 Å². The Bertz CT molecular complexity index is 552. The van der Waals surface area contributed by atoms with Gasteiger partial charge in [-0.1, -0.05) is 30.3 Å². The van der Waals surface area contributed by atoms with Crippen LogP contribution in [-0.2, 0) is 26.2 Å². The van der Waals surface area contributed by atoms with E-state index in [-0.39, 0.29) is 12.4 Å². The summed E-state index contributed by atoms with van der Waals surface area (Å²) >= 11 is 0. The Morgan fingerprint density at radius 3 is 2.43 bits per heavy atom.